The van der Waals surface area contributed by atoms with Crippen LogP contribution in [0.15, 0.2) is 60.8 Å². The van der Waals surface area contributed by atoms with Gasteiger partial charge in [0.2, 0.25) is 5.88 Å². The predicted molar refractivity (Wildman–Crippen MR) is 156 cm³/mol. The van der Waals surface area contributed by atoms with E-state index < -0.39 is 23.4 Å². The zero-order valence-corrected chi connectivity index (χ0v) is 24.4. The largest absolute Gasteiger partial charge is 0.477 e. The van der Waals surface area contributed by atoms with Crippen LogP contribution in [0.1, 0.15) is 47.3 Å². The highest BCUT2D eigenvalue weighted by Crippen LogP contribution is 2.40. The number of nitrogens with zero attached hydrogens (tertiary/aromatic N) is 4. The molecule has 1 aliphatic heterocycles. The van der Waals surface area contributed by atoms with Crippen molar-refractivity contribution in [2.24, 2.45) is 5.41 Å². The average molecular weight is 623 g/mol. The van der Waals surface area contributed by atoms with Crippen molar-refractivity contribution in [3.63, 3.8) is 0 Å². The normalized spacial score (nSPS) is 16.0. The monoisotopic (exact) mass is 622 g/mol. The predicted octanol–water partition coefficient (Wildman–Crippen LogP) is 7.03. The number of rotatable bonds is 8. The fourth-order valence-corrected chi connectivity index (χ4v) is 5.50. The molecule has 0 unspecified atom stereocenters. The summed E-state index contributed by atoms with van der Waals surface area (Å²) in [6.45, 7) is 4.72. The standard InChI is InChI=1S/C32H26ClF3N4O4/c1-32(2)16-43-15-28(32)40-27-12-25(31(41)42)37-13-26(27)38-29(40)9-18-8-23(36)20(11-22(18)35)24-4-3-5-30(39-24)44-14-17-6-7-19(33)10-21(17)34/h3-8,10-13,28H,9,14-16H2,1-2H3,(H,41,42)/t28-/m1/s1. The minimum atomic E-state index is -1.19. The van der Waals surface area contributed by atoms with Crippen molar-refractivity contribution in [1.82, 2.24) is 19.5 Å². The second kappa shape index (κ2) is 11.5. The summed E-state index contributed by atoms with van der Waals surface area (Å²) in [5, 5.41) is 9.77. The quantitative estimate of drug-likeness (QED) is 0.198. The second-order valence-electron chi connectivity index (χ2n) is 11.3. The van der Waals surface area contributed by atoms with Crippen LogP contribution < -0.4 is 4.74 Å². The van der Waals surface area contributed by atoms with Crippen molar-refractivity contribution in [1.29, 1.82) is 0 Å². The lowest BCUT2D eigenvalue weighted by molar-refractivity contribution is 0.0690. The van der Waals surface area contributed by atoms with Gasteiger partial charge in [-0.1, -0.05) is 37.6 Å². The van der Waals surface area contributed by atoms with Crippen LogP contribution >= 0.6 is 11.6 Å². The number of benzene rings is 2. The van der Waals surface area contributed by atoms with E-state index in [9.17, 15) is 14.3 Å². The molecule has 226 valence electrons. The molecule has 0 radical (unpaired) electrons. The van der Waals surface area contributed by atoms with Crippen molar-refractivity contribution < 1.29 is 32.5 Å². The molecule has 2 aromatic carbocycles. The Hall–Kier alpha value is -4.48. The third-order valence-electron chi connectivity index (χ3n) is 7.71. The molecule has 3 aromatic heterocycles. The highest BCUT2D eigenvalue weighted by Gasteiger charge is 2.39. The van der Waals surface area contributed by atoms with Crippen LogP contribution in [0.25, 0.3) is 22.3 Å². The summed E-state index contributed by atoms with van der Waals surface area (Å²) in [4.78, 5) is 24.5. The molecular formula is C32H26ClF3N4O4. The Morgan fingerprint density at radius 1 is 1.07 bits per heavy atom. The first-order valence-corrected chi connectivity index (χ1v) is 14.1. The molecule has 6 rings (SSSR count). The van der Waals surface area contributed by atoms with E-state index in [4.69, 9.17) is 21.1 Å². The van der Waals surface area contributed by atoms with Gasteiger partial charge in [0.05, 0.1) is 36.7 Å². The minimum absolute atomic E-state index is 0.0524. The topological polar surface area (TPSA) is 99.4 Å². The molecule has 0 spiro atoms. The number of carboxylic acid groups (broad SMARTS) is 1. The number of carbonyl (C=O) groups is 1. The molecule has 44 heavy (non-hydrogen) atoms. The van der Waals surface area contributed by atoms with Gasteiger partial charge in [0.1, 0.15) is 41.1 Å². The summed E-state index contributed by atoms with van der Waals surface area (Å²) in [7, 11) is 0. The van der Waals surface area contributed by atoms with Crippen LogP contribution in [0.4, 0.5) is 13.2 Å². The molecule has 0 amide bonds. The third kappa shape index (κ3) is 5.72. The van der Waals surface area contributed by atoms with E-state index in [1.165, 1.54) is 42.6 Å². The van der Waals surface area contributed by atoms with Gasteiger partial charge >= 0.3 is 5.97 Å². The Kier molecular flexibility index (Phi) is 7.77. The number of hydrogen-bond donors (Lipinski definition) is 1. The number of ether oxygens (including phenoxy) is 2. The molecule has 1 fully saturated rings. The van der Waals surface area contributed by atoms with E-state index in [2.05, 4.69) is 15.0 Å². The van der Waals surface area contributed by atoms with E-state index in [1.54, 1.807) is 6.07 Å². The Morgan fingerprint density at radius 3 is 2.59 bits per heavy atom. The molecule has 1 saturated heterocycles. The van der Waals surface area contributed by atoms with Gasteiger partial charge in [0.15, 0.2) is 0 Å². The Labute approximate surface area is 255 Å². The summed E-state index contributed by atoms with van der Waals surface area (Å²) in [6.07, 6.45) is 1.29. The molecule has 5 aromatic rings. The summed E-state index contributed by atoms with van der Waals surface area (Å²) in [6, 6.07) is 12.2. The Balaban J connectivity index is 1.31. The third-order valence-corrected chi connectivity index (χ3v) is 7.94. The lowest BCUT2D eigenvalue weighted by atomic mass is 9.87. The van der Waals surface area contributed by atoms with E-state index in [0.717, 1.165) is 12.1 Å². The Morgan fingerprint density at radius 2 is 1.86 bits per heavy atom. The van der Waals surface area contributed by atoms with Crippen molar-refractivity contribution in [2.75, 3.05) is 13.2 Å². The summed E-state index contributed by atoms with van der Waals surface area (Å²) >= 11 is 5.80. The average Bonchev–Trinajstić information content (AvgIpc) is 3.51. The molecule has 4 heterocycles. The van der Waals surface area contributed by atoms with Gasteiger partial charge in [-0.15, -0.1) is 0 Å². The maximum atomic E-state index is 15.6. The van der Waals surface area contributed by atoms with Crippen molar-refractivity contribution >= 4 is 28.6 Å². The van der Waals surface area contributed by atoms with Crippen LogP contribution in [0, 0.1) is 22.9 Å². The SMILES string of the molecule is CC1(C)COC[C@H]1n1c(Cc2cc(F)c(-c3cccc(OCc4ccc(Cl)cc4F)n3)cc2F)nc2cnc(C(=O)O)cc21. The number of carboxylic acids is 1. The molecule has 0 bridgehead atoms. The molecule has 0 aliphatic carbocycles. The first kappa shape index (κ1) is 29.6. The number of halogens is 4. The molecule has 1 atom stereocenters. The van der Waals surface area contributed by atoms with Crippen molar-refractivity contribution in [3.05, 3.63) is 106 Å². The molecular weight excluding hydrogens is 597 g/mol. The highest BCUT2D eigenvalue weighted by atomic mass is 35.5. The lowest BCUT2D eigenvalue weighted by Crippen LogP contribution is -2.27. The summed E-state index contributed by atoms with van der Waals surface area (Å²) in [5.74, 6) is -2.59. The van der Waals surface area contributed by atoms with Crippen LogP contribution in [0.2, 0.25) is 5.02 Å². The van der Waals surface area contributed by atoms with Gasteiger partial charge < -0.3 is 19.1 Å². The molecule has 1 N–H and O–H groups in total. The molecule has 8 nitrogen and oxygen atoms in total. The first-order valence-electron chi connectivity index (χ1n) is 13.7. The summed E-state index contributed by atoms with van der Waals surface area (Å²) < 4.78 is 58.5. The maximum absolute atomic E-state index is 15.6. The number of imidazole rings is 1. The lowest BCUT2D eigenvalue weighted by Gasteiger charge is -2.28. The number of aromatic carboxylic acids is 1. The number of aromatic nitrogens is 4. The highest BCUT2D eigenvalue weighted by molar-refractivity contribution is 6.30. The van der Waals surface area contributed by atoms with E-state index >= 15 is 8.78 Å². The molecule has 0 saturated carbocycles. The van der Waals surface area contributed by atoms with Gasteiger partial charge in [0, 0.05) is 34.1 Å². The van der Waals surface area contributed by atoms with Crippen LogP contribution in [-0.4, -0.2) is 43.8 Å². The van der Waals surface area contributed by atoms with E-state index in [-0.39, 0.29) is 63.5 Å². The number of pyridine rings is 2. The minimum Gasteiger partial charge on any atom is -0.477 e. The first-order chi connectivity index (χ1) is 21.0. The zero-order valence-electron chi connectivity index (χ0n) is 23.7. The van der Waals surface area contributed by atoms with Gasteiger partial charge in [0.25, 0.3) is 0 Å². The smallest absolute Gasteiger partial charge is 0.354 e. The van der Waals surface area contributed by atoms with Crippen LogP contribution in [0.5, 0.6) is 5.88 Å². The van der Waals surface area contributed by atoms with Gasteiger partial charge in [-0.25, -0.2) is 32.9 Å². The maximum Gasteiger partial charge on any atom is 0.354 e. The van der Waals surface area contributed by atoms with E-state index in [0.29, 0.717) is 30.1 Å². The second-order valence-corrected chi connectivity index (χ2v) is 11.7. The van der Waals surface area contributed by atoms with Crippen molar-refractivity contribution in [3.8, 4) is 17.1 Å². The van der Waals surface area contributed by atoms with Gasteiger partial charge in [-0.3, -0.25) is 0 Å². The summed E-state index contributed by atoms with van der Waals surface area (Å²) in [5.41, 5.74) is 0.835. The molecule has 12 heteroatoms. The van der Waals surface area contributed by atoms with Crippen LogP contribution in [-0.2, 0) is 17.8 Å². The van der Waals surface area contributed by atoms with Crippen molar-refractivity contribution in [2.45, 2.75) is 32.9 Å². The fraction of sp³-hybridized carbons (Fsp3) is 0.250. The van der Waals surface area contributed by atoms with Gasteiger partial charge in [-0.05, 0) is 42.0 Å². The number of fused-ring (bicyclic) bond motifs is 1. The fourth-order valence-electron chi connectivity index (χ4n) is 5.34. The number of hydrogen-bond acceptors (Lipinski definition) is 6. The Bertz CT molecular complexity index is 1910. The zero-order chi connectivity index (χ0) is 31.2. The van der Waals surface area contributed by atoms with Gasteiger partial charge in [-0.2, -0.15) is 0 Å². The van der Waals surface area contributed by atoms with Crippen LogP contribution in [0.3, 0.4) is 0 Å². The molecule has 1 aliphatic rings. The van der Waals surface area contributed by atoms with E-state index in [1.807, 2.05) is 18.4 Å².